The van der Waals surface area contributed by atoms with Gasteiger partial charge in [0.15, 0.2) is 0 Å². The molecule has 1 aromatic carbocycles. The van der Waals surface area contributed by atoms with Crippen LogP contribution in [0.25, 0.3) is 0 Å². The SMILES string of the molecule is CCn1ccnc1CN[C@@H](C)c1cccc(OC)c1. The van der Waals surface area contributed by atoms with Crippen molar-refractivity contribution in [3.8, 4) is 5.75 Å². The lowest BCUT2D eigenvalue weighted by molar-refractivity contribution is 0.413. The highest BCUT2D eigenvalue weighted by atomic mass is 16.5. The first-order valence-corrected chi connectivity index (χ1v) is 6.62. The van der Waals surface area contributed by atoms with Crippen molar-refractivity contribution in [3.05, 3.63) is 48.0 Å². The second-order valence-corrected chi connectivity index (χ2v) is 4.51. The third-order valence-corrected chi connectivity index (χ3v) is 3.30. The number of aryl methyl sites for hydroxylation is 1. The number of hydrogen-bond donors (Lipinski definition) is 1. The van der Waals surface area contributed by atoms with E-state index in [0.717, 1.165) is 24.7 Å². The van der Waals surface area contributed by atoms with E-state index in [2.05, 4.69) is 40.8 Å². The third-order valence-electron chi connectivity index (χ3n) is 3.30. The maximum Gasteiger partial charge on any atom is 0.122 e. The lowest BCUT2D eigenvalue weighted by Crippen LogP contribution is -2.20. The van der Waals surface area contributed by atoms with Crippen molar-refractivity contribution in [1.82, 2.24) is 14.9 Å². The summed E-state index contributed by atoms with van der Waals surface area (Å²) in [6.07, 6.45) is 3.85. The van der Waals surface area contributed by atoms with Crippen LogP contribution in [0.1, 0.15) is 31.3 Å². The summed E-state index contributed by atoms with van der Waals surface area (Å²) < 4.78 is 7.39. The van der Waals surface area contributed by atoms with Crippen molar-refractivity contribution >= 4 is 0 Å². The minimum absolute atomic E-state index is 0.261. The molecule has 0 saturated carbocycles. The minimum Gasteiger partial charge on any atom is -0.497 e. The van der Waals surface area contributed by atoms with E-state index < -0.39 is 0 Å². The van der Waals surface area contributed by atoms with Crippen LogP contribution in [0.3, 0.4) is 0 Å². The first-order valence-electron chi connectivity index (χ1n) is 6.62. The van der Waals surface area contributed by atoms with Crippen LogP contribution in [0, 0.1) is 0 Å². The van der Waals surface area contributed by atoms with Gasteiger partial charge in [-0.25, -0.2) is 4.98 Å². The molecule has 1 atom stereocenters. The van der Waals surface area contributed by atoms with Gasteiger partial charge in [0.1, 0.15) is 11.6 Å². The molecule has 0 saturated heterocycles. The Labute approximate surface area is 114 Å². The molecule has 1 aromatic heterocycles. The summed E-state index contributed by atoms with van der Waals surface area (Å²) in [7, 11) is 1.69. The molecule has 0 aliphatic heterocycles. The van der Waals surface area contributed by atoms with Crippen molar-refractivity contribution in [2.45, 2.75) is 33.0 Å². The standard InChI is InChI=1S/C15H21N3O/c1-4-18-9-8-16-15(18)11-17-12(2)13-6-5-7-14(10-13)19-3/h5-10,12,17H,4,11H2,1-3H3/t12-/m0/s1. The summed E-state index contributed by atoms with van der Waals surface area (Å²) in [4.78, 5) is 4.36. The zero-order chi connectivity index (χ0) is 13.7. The van der Waals surface area contributed by atoms with E-state index in [9.17, 15) is 0 Å². The Morgan fingerprint density at radius 1 is 1.42 bits per heavy atom. The molecule has 0 unspecified atom stereocenters. The van der Waals surface area contributed by atoms with Crippen LogP contribution in [0.2, 0.25) is 0 Å². The second-order valence-electron chi connectivity index (χ2n) is 4.51. The van der Waals surface area contributed by atoms with Crippen LogP contribution < -0.4 is 10.1 Å². The van der Waals surface area contributed by atoms with E-state index in [0.29, 0.717) is 0 Å². The van der Waals surface area contributed by atoms with Crippen LogP contribution in [-0.2, 0) is 13.1 Å². The molecular weight excluding hydrogens is 238 g/mol. The quantitative estimate of drug-likeness (QED) is 0.867. The normalized spacial score (nSPS) is 12.4. The molecule has 102 valence electrons. The summed E-state index contributed by atoms with van der Waals surface area (Å²) >= 11 is 0. The van der Waals surface area contributed by atoms with Gasteiger partial charge in [-0.05, 0) is 31.5 Å². The third kappa shape index (κ3) is 3.35. The molecule has 4 heteroatoms. The minimum atomic E-state index is 0.261. The van der Waals surface area contributed by atoms with Gasteiger partial charge in [-0.15, -0.1) is 0 Å². The Bertz CT molecular complexity index is 522. The number of aromatic nitrogens is 2. The maximum atomic E-state index is 5.25. The van der Waals surface area contributed by atoms with E-state index >= 15 is 0 Å². The van der Waals surface area contributed by atoms with Crippen molar-refractivity contribution < 1.29 is 4.74 Å². The van der Waals surface area contributed by atoms with Gasteiger partial charge in [-0.1, -0.05) is 12.1 Å². The monoisotopic (exact) mass is 259 g/mol. The largest absolute Gasteiger partial charge is 0.497 e. The Kier molecular flexibility index (Phi) is 4.58. The maximum absolute atomic E-state index is 5.25. The Balaban J connectivity index is 1.99. The molecule has 0 aliphatic rings. The van der Waals surface area contributed by atoms with Crippen LogP contribution in [-0.4, -0.2) is 16.7 Å². The first kappa shape index (κ1) is 13.6. The Hall–Kier alpha value is -1.81. The summed E-state index contributed by atoms with van der Waals surface area (Å²) in [5.41, 5.74) is 1.22. The molecule has 2 rings (SSSR count). The van der Waals surface area contributed by atoms with Crippen LogP contribution in [0.4, 0.5) is 0 Å². The number of imidazole rings is 1. The molecule has 2 aromatic rings. The van der Waals surface area contributed by atoms with E-state index in [1.165, 1.54) is 5.56 Å². The second kappa shape index (κ2) is 6.38. The molecular formula is C15H21N3O. The van der Waals surface area contributed by atoms with E-state index in [-0.39, 0.29) is 6.04 Å². The molecule has 1 N–H and O–H groups in total. The zero-order valence-electron chi connectivity index (χ0n) is 11.8. The van der Waals surface area contributed by atoms with Crippen LogP contribution >= 0.6 is 0 Å². The highest BCUT2D eigenvalue weighted by Gasteiger charge is 2.08. The topological polar surface area (TPSA) is 39.1 Å². The van der Waals surface area contributed by atoms with Crippen molar-refractivity contribution in [1.29, 1.82) is 0 Å². The van der Waals surface area contributed by atoms with Gasteiger partial charge >= 0.3 is 0 Å². The summed E-state index contributed by atoms with van der Waals surface area (Å²) in [5.74, 6) is 1.96. The molecule has 19 heavy (non-hydrogen) atoms. The lowest BCUT2D eigenvalue weighted by Gasteiger charge is -2.15. The molecule has 0 bridgehead atoms. The average molecular weight is 259 g/mol. The van der Waals surface area contributed by atoms with E-state index in [1.54, 1.807) is 7.11 Å². The Morgan fingerprint density at radius 3 is 3.00 bits per heavy atom. The van der Waals surface area contributed by atoms with Crippen LogP contribution in [0.5, 0.6) is 5.75 Å². The highest BCUT2D eigenvalue weighted by Crippen LogP contribution is 2.18. The molecule has 0 fully saturated rings. The number of rotatable bonds is 6. The number of nitrogens with one attached hydrogen (secondary N) is 1. The van der Waals surface area contributed by atoms with Crippen molar-refractivity contribution in [2.24, 2.45) is 0 Å². The number of ether oxygens (including phenoxy) is 1. The summed E-state index contributed by atoms with van der Waals surface area (Å²) in [6.45, 7) is 5.98. The molecule has 4 nitrogen and oxygen atoms in total. The molecule has 0 amide bonds. The van der Waals surface area contributed by atoms with Gasteiger partial charge in [0.25, 0.3) is 0 Å². The Morgan fingerprint density at radius 2 is 2.26 bits per heavy atom. The molecule has 0 radical (unpaired) electrons. The average Bonchev–Trinajstić information content (AvgIpc) is 2.92. The van der Waals surface area contributed by atoms with Crippen molar-refractivity contribution in [3.63, 3.8) is 0 Å². The number of benzene rings is 1. The predicted molar refractivity (Wildman–Crippen MR) is 76.1 cm³/mol. The van der Waals surface area contributed by atoms with Crippen molar-refractivity contribution in [2.75, 3.05) is 7.11 Å². The number of nitrogens with zero attached hydrogens (tertiary/aromatic N) is 2. The van der Waals surface area contributed by atoms with Crippen LogP contribution in [0.15, 0.2) is 36.7 Å². The van der Waals surface area contributed by atoms with Gasteiger partial charge in [0.05, 0.1) is 13.7 Å². The van der Waals surface area contributed by atoms with Gasteiger partial charge in [-0.2, -0.15) is 0 Å². The number of hydrogen-bond acceptors (Lipinski definition) is 3. The van der Waals surface area contributed by atoms with Gasteiger partial charge < -0.3 is 14.6 Å². The number of methoxy groups -OCH3 is 1. The first-order chi connectivity index (χ1) is 9.24. The molecule has 0 spiro atoms. The molecule has 0 aliphatic carbocycles. The smallest absolute Gasteiger partial charge is 0.122 e. The predicted octanol–water partition coefficient (Wildman–Crippen LogP) is 2.76. The van der Waals surface area contributed by atoms with Gasteiger partial charge in [0, 0.05) is 25.0 Å². The zero-order valence-corrected chi connectivity index (χ0v) is 11.8. The van der Waals surface area contributed by atoms with Gasteiger partial charge in [-0.3, -0.25) is 0 Å². The van der Waals surface area contributed by atoms with E-state index in [1.807, 2.05) is 24.5 Å². The summed E-state index contributed by atoms with van der Waals surface area (Å²) in [6, 6.07) is 8.40. The fourth-order valence-corrected chi connectivity index (χ4v) is 2.07. The highest BCUT2D eigenvalue weighted by molar-refractivity contribution is 5.30. The van der Waals surface area contributed by atoms with E-state index in [4.69, 9.17) is 4.74 Å². The molecule has 1 heterocycles. The summed E-state index contributed by atoms with van der Waals surface area (Å²) in [5, 5.41) is 3.49. The van der Waals surface area contributed by atoms with Gasteiger partial charge in [0.2, 0.25) is 0 Å². The fraction of sp³-hybridized carbons (Fsp3) is 0.400. The fourth-order valence-electron chi connectivity index (χ4n) is 2.07. The lowest BCUT2D eigenvalue weighted by atomic mass is 10.1.